The molecule has 32 heavy (non-hydrogen) atoms. The van der Waals surface area contributed by atoms with Gasteiger partial charge < -0.3 is 14.8 Å². The van der Waals surface area contributed by atoms with E-state index in [4.69, 9.17) is 21.1 Å². The van der Waals surface area contributed by atoms with Gasteiger partial charge in [-0.2, -0.15) is 5.10 Å². The number of thiophene rings is 1. The highest BCUT2D eigenvalue weighted by molar-refractivity contribution is 7.09. The molecule has 4 aromatic rings. The molecule has 0 fully saturated rings. The Balaban J connectivity index is 1.57. The van der Waals surface area contributed by atoms with Crippen molar-refractivity contribution < 1.29 is 14.3 Å². The van der Waals surface area contributed by atoms with E-state index in [9.17, 15) is 4.79 Å². The topological polar surface area (TPSA) is 78.3 Å². The Labute approximate surface area is 194 Å². The zero-order valence-electron chi connectivity index (χ0n) is 18.0. The molecule has 9 heteroatoms. The van der Waals surface area contributed by atoms with Crippen molar-refractivity contribution in [3.63, 3.8) is 0 Å². The molecule has 7 nitrogen and oxygen atoms in total. The summed E-state index contributed by atoms with van der Waals surface area (Å²) in [5, 5.41) is 10.6. The van der Waals surface area contributed by atoms with Gasteiger partial charge in [-0.15, -0.1) is 11.3 Å². The van der Waals surface area contributed by atoms with Crippen LogP contribution in [0, 0.1) is 6.92 Å². The number of hydrogen-bond acceptors (Lipinski definition) is 6. The summed E-state index contributed by atoms with van der Waals surface area (Å²) in [4.78, 5) is 18.8. The van der Waals surface area contributed by atoms with Gasteiger partial charge in [0.1, 0.15) is 0 Å². The second-order valence-electron chi connectivity index (χ2n) is 7.15. The first-order chi connectivity index (χ1) is 15.5. The standard InChI is InChI=1S/C23H23ClN4O3S/c1-4-31-21-19(24)9-15(10-20(21)30-3)11-25-23(29)17-8-14(2)27-22-18(17)12-26-28(22)13-16-6-5-7-32-16/h5-10,12H,4,11,13H2,1-3H3,(H,25,29). The molecule has 1 amide bonds. The highest BCUT2D eigenvalue weighted by atomic mass is 35.5. The zero-order chi connectivity index (χ0) is 22.7. The first-order valence-corrected chi connectivity index (χ1v) is 11.4. The van der Waals surface area contributed by atoms with E-state index in [1.807, 2.05) is 36.0 Å². The number of carbonyl (C=O) groups excluding carboxylic acids is 1. The van der Waals surface area contributed by atoms with Crippen LogP contribution >= 0.6 is 22.9 Å². The van der Waals surface area contributed by atoms with E-state index in [2.05, 4.69) is 21.5 Å². The van der Waals surface area contributed by atoms with Crippen LogP contribution in [-0.2, 0) is 13.1 Å². The lowest BCUT2D eigenvalue weighted by Gasteiger charge is -2.14. The van der Waals surface area contributed by atoms with Gasteiger partial charge in [0, 0.05) is 17.1 Å². The summed E-state index contributed by atoms with van der Waals surface area (Å²) in [6.07, 6.45) is 1.70. The van der Waals surface area contributed by atoms with E-state index in [1.54, 1.807) is 36.8 Å². The summed E-state index contributed by atoms with van der Waals surface area (Å²) in [5.41, 5.74) is 2.78. The Morgan fingerprint density at radius 1 is 1.31 bits per heavy atom. The number of rotatable bonds is 8. The van der Waals surface area contributed by atoms with Crippen molar-refractivity contribution in [2.45, 2.75) is 26.9 Å². The van der Waals surface area contributed by atoms with E-state index < -0.39 is 0 Å². The SMILES string of the molecule is CCOc1c(Cl)cc(CNC(=O)c2cc(C)nc3c2cnn3Cc2cccs2)cc1OC. The molecular weight excluding hydrogens is 448 g/mol. The first kappa shape index (κ1) is 22.1. The van der Waals surface area contributed by atoms with Crippen LogP contribution in [0.25, 0.3) is 11.0 Å². The summed E-state index contributed by atoms with van der Waals surface area (Å²) in [5.74, 6) is 0.817. The normalized spacial score (nSPS) is 11.0. The highest BCUT2D eigenvalue weighted by Crippen LogP contribution is 2.36. The molecule has 0 aliphatic rings. The summed E-state index contributed by atoms with van der Waals surface area (Å²) in [7, 11) is 1.56. The Hall–Kier alpha value is -3.10. The number of fused-ring (bicyclic) bond motifs is 1. The second kappa shape index (κ2) is 9.58. The number of hydrogen-bond donors (Lipinski definition) is 1. The maximum absolute atomic E-state index is 13.1. The summed E-state index contributed by atoms with van der Waals surface area (Å²) in [6.45, 7) is 5.13. The molecule has 0 spiro atoms. The number of nitrogens with zero attached hydrogens (tertiary/aromatic N) is 3. The Bertz CT molecular complexity index is 1250. The Kier molecular flexibility index (Phi) is 6.62. The molecule has 0 aliphatic carbocycles. The molecule has 1 N–H and O–H groups in total. The van der Waals surface area contributed by atoms with E-state index in [0.717, 1.165) is 11.3 Å². The van der Waals surface area contributed by atoms with Crippen LogP contribution in [0.1, 0.15) is 33.4 Å². The van der Waals surface area contributed by atoms with Crippen LogP contribution in [0.15, 0.2) is 41.9 Å². The molecule has 1 aromatic carbocycles. The lowest BCUT2D eigenvalue weighted by Crippen LogP contribution is -2.23. The largest absolute Gasteiger partial charge is 0.493 e. The van der Waals surface area contributed by atoms with Gasteiger partial charge in [0.2, 0.25) is 0 Å². The van der Waals surface area contributed by atoms with E-state index in [0.29, 0.717) is 46.3 Å². The summed E-state index contributed by atoms with van der Waals surface area (Å²) >= 11 is 8.01. The average molecular weight is 471 g/mol. The first-order valence-electron chi connectivity index (χ1n) is 10.1. The predicted octanol–water partition coefficient (Wildman–Crippen LogP) is 4.84. The second-order valence-corrected chi connectivity index (χ2v) is 8.59. The molecule has 166 valence electrons. The number of halogens is 1. The molecule has 3 aromatic heterocycles. The number of nitrogens with one attached hydrogen (secondary N) is 1. The highest BCUT2D eigenvalue weighted by Gasteiger charge is 2.17. The number of benzene rings is 1. The molecule has 0 unspecified atom stereocenters. The minimum Gasteiger partial charge on any atom is -0.493 e. The third kappa shape index (κ3) is 4.56. The Morgan fingerprint density at radius 3 is 2.88 bits per heavy atom. The zero-order valence-corrected chi connectivity index (χ0v) is 19.6. The third-order valence-electron chi connectivity index (χ3n) is 4.90. The lowest BCUT2D eigenvalue weighted by atomic mass is 10.1. The van der Waals surface area contributed by atoms with Crippen LogP contribution in [-0.4, -0.2) is 34.4 Å². The van der Waals surface area contributed by atoms with Crippen molar-refractivity contribution in [1.82, 2.24) is 20.1 Å². The average Bonchev–Trinajstić information content (AvgIpc) is 3.43. The van der Waals surface area contributed by atoms with Crippen molar-refractivity contribution in [3.8, 4) is 11.5 Å². The maximum atomic E-state index is 13.1. The van der Waals surface area contributed by atoms with Crippen molar-refractivity contribution in [2.75, 3.05) is 13.7 Å². The van der Waals surface area contributed by atoms with Crippen LogP contribution in [0.2, 0.25) is 5.02 Å². The number of methoxy groups -OCH3 is 1. The number of aryl methyl sites for hydroxylation is 1. The van der Waals surface area contributed by atoms with Gasteiger partial charge in [-0.1, -0.05) is 17.7 Å². The van der Waals surface area contributed by atoms with Gasteiger partial charge in [0.05, 0.1) is 42.4 Å². The maximum Gasteiger partial charge on any atom is 0.252 e. The molecule has 0 radical (unpaired) electrons. The minimum absolute atomic E-state index is 0.208. The fourth-order valence-electron chi connectivity index (χ4n) is 3.46. The third-order valence-corrected chi connectivity index (χ3v) is 6.04. The quantitative estimate of drug-likeness (QED) is 0.398. The minimum atomic E-state index is -0.208. The molecule has 3 heterocycles. The summed E-state index contributed by atoms with van der Waals surface area (Å²) < 4.78 is 12.8. The number of aromatic nitrogens is 3. The van der Waals surface area contributed by atoms with Crippen molar-refractivity contribution in [3.05, 3.63) is 68.6 Å². The van der Waals surface area contributed by atoms with E-state index in [1.165, 1.54) is 4.88 Å². The lowest BCUT2D eigenvalue weighted by molar-refractivity contribution is 0.0952. The monoisotopic (exact) mass is 470 g/mol. The van der Waals surface area contributed by atoms with Gasteiger partial charge in [0.25, 0.3) is 5.91 Å². The number of ether oxygens (including phenoxy) is 2. The number of amides is 1. The smallest absolute Gasteiger partial charge is 0.252 e. The van der Waals surface area contributed by atoms with E-state index >= 15 is 0 Å². The molecule has 0 bridgehead atoms. The van der Waals surface area contributed by atoms with E-state index in [-0.39, 0.29) is 12.5 Å². The van der Waals surface area contributed by atoms with Crippen LogP contribution in [0.5, 0.6) is 11.5 Å². The van der Waals surface area contributed by atoms with Crippen molar-refractivity contribution >= 4 is 39.9 Å². The molecule has 0 aliphatic heterocycles. The Morgan fingerprint density at radius 2 is 2.16 bits per heavy atom. The van der Waals surface area contributed by atoms with Gasteiger partial charge >= 0.3 is 0 Å². The van der Waals surface area contributed by atoms with Crippen molar-refractivity contribution in [2.24, 2.45) is 0 Å². The molecule has 0 saturated heterocycles. The van der Waals surface area contributed by atoms with Gasteiger partial charge in [0.15, 0.2) is 17.1 Å². The van der Waals surface area contributed by atoms with Crippen LogP contribution < -0.4 is 14.8 Å². The van der Waals surface area contributed by atoms with Gasteiger partial charge in [-0.25, -0.2) is 9.67 Å². The molecule has 0 saturated carbocycles. The van der Waals surface area contributed by atoms with Crippen LogP contribution in [0.4, 0.5) is 0 Å². The van der Waals surface area contributed by atoms with Gasteiger partial charge in [-0.05, 0) is 49.1 Å². The predicted molar refractivity (Wildman–Crippen MR) is 126 cm³/mol. The number of carbonyl (C=O) groups is 1. The molecule has 0 atom stereocenters. The van der Waals surface area contributed by atoms with Crippen molar-refractivity contribution in [1.29, 1.82) is 0 Å². The van der Waals surface area contributed by atoms with Gasteiger partial charge in [-0.3, -0.25) is 4.79 Å². The summed E-state index contributed by atoms with van der Waals surface area (Å²) in [6, 6.07) is 9.41. The fourth-order valence-corrected chi connectivity index (χ4v) is 4.44. The number of pyridine rings is 1. The molecular formula is C23H23ClN4O3S. The van der Waals surface area contributed by atoms with Crippen LogP contribution in [0.3, 0.4) is 0 Å². The molecule has 4 rings (SSSR count). The fraction of sp³-hybridized carbons (Fsp3) is 0.261.